The zero-order chi connectivity index (χ0) is 14.9. The average molecular weight is 356 g/mol. The van der Waals surface area contributed by atoms with Crippen molar-refractivity contribution in [2.75, 3.05) is 24.5 Å². The molecule has 1 aromatic heterocycles. The number of carbonyl (C=O) groups is 1. The second-order valence-electron chi connectivity index (χ2n) is 5.94. The second-order valence-corrected chi connectivity index (χ2v) is 6.79. The van der Waals surface area contributed by atoms with Gasteiger partial charge in [-0.2, -0.15) is 0 Å². The minimum Gasteiger partial charge on any atom is -0.355 e. The zero-order valence-corrected chi connectivity index (χ0v) is 13.4. The molecule has 1 aliphatic heterocycles. The Morgan fingerprint density at radius 1 is 1.48 bits per heavy atom. The fraction of sp³-hybridized carbons (Fsp3) is 0.600. The first-order valence-electron chi connectivity index (χ1n) is 7.39. The average Bonchev–Trinajstić information content (AvgIpc) is 3.31. The fourth-order valence-electron chi connectivity index (χ4n) is 2.64. The smallest absolute Gasteiger partial charge is 0.223 e. The Balaban J connectivity index is 1.54. The Hall–Kier alpha value is -1.17. The molecule has 4 nitrogen and oxygen atoms in total. The van der Waals surface area contributed by atoms with Gasteiger partial charge in [-0.15, -0.1) is 0 Å². The summed E-state index contributed by atoms with van der Waals surface area (Å²) in [5.41, 5.74) is -1.29. The number of alkyl halides is 1. The number of nitrogens with one attached hydrogen (secondary N) is 1. The normalized spacial score (nSPS) is 21.1. The molecule has 1 N–H and O–H groups in total. The third kappa shape index (κ3) is 3.54. The zero-order valence-electron chi connectivity index (χ0n) is 11.8. The summed E-state index contributed by atoms with van der Waals surface area (Å²) in [6.45, 7) is 1.37. The summed E-state index contributed by atoms with van der Waals surface area (Å²) in [4.78, 5) is 18.0. The van der Waals surface area contributed by atoms with E-state index in [9.17, 15) is 9.18 Å². The lowest BCUT2D eigenvalue weighted by Crippen LogP contribution is -2.48. The van der Waals surface area contributed by atoms with Crippen LogP contribution in [-0.4, -0.2) is 36.2 Å². The number of hydrogen-bond acceptors (Lipinski definition) is 3. The number of amides is 1. The third-order valence-electron chi connectivity index (χ3n) is 4.23. The highest BCUT2D eigenvalue weighted by molar-refractivity contribution is 9.10. The molecule has 0 atom stereocenters. The van der Waals surface area contributed by atoms with Crippen LogP contribution in [0.4, 0.5) is 10.2 Å². The fourth-order valence-corrected chi connectivity index (χ4v) is 3.15. The number of hydrogen-bond donors (Lipinski definition) is 1. The Morgan fingerprint density at radius 3 is 2.81 bits per heavy atom. The van der Waals surface area contributed by atoms with Crippen LogP contribution in [0.5, 0.6) is 0 Å². The van der Waals surface area contributed by atoms with E-state index >= 15 is 0 Å². The van der Waals surface area contributed by atoms with Crippen LogP contribution in [-0.2, 0) is 4.79 Å². The van der Waals surface area contributed by atoms with Gasteiger partial charge in [0.15, 0.2) is 0 Å². The summed E-state index contributed by atoms with van der Waals surface area (Å²) in [5, 5.41) is 2.76. The summed E-state index contributed by atoms with van der Waals surface area (Å²) < 4.78 is 15.7. The molecule has 2 aliphatic rings. The predicted octanol–water partition coefficient (Wildman–Crippen LogP) is 2.68. The molecule has 6 heteroatoms. The van der Waals surface area contributed by atoms with Gasteiger partial charge in [0.25, 0.3) is 0 Å². The number of pyridine rings is 1. The van der Waals surface area contributed by atoms with Crippen molar-refractivity contribution >= 4 is 27.7 Å². The molecule has 1 saturated heterocycles. The van der Waals surface area contributed by atoms with Crippen molar-refractivity contribution in [2.45, 2.75) is 31.4 Å². The van der Waals surface area contributed by atoms with Crippen LogP contribution in [0, 0.1) is 5.92 Å². The molecule has 1 saturated carbocycles. The van der Waals surface area contributed by atoms with Gasteiger partial charge < -0.3 is 10.2 Å². The molecule has 0 unspecified atom stereocenters. The summed E-state index contributed by atoms with van der Waals surface area (Å²) in [5.74, 6) is 1.02. The highest BCUT2D eigenvalue weighted by Crippen LogP contribution is 2.32. The minimum atomic E-state index is -1.29. The van der Waals surface area contributed by atoms with Crippen molar-refractivity contribution < 1.29 is 9.18 Å². The summed E-state index contributed by atoms with van der Waals surface area (Å²) in [6.07, 6.45) is 4.48. The van der Waals surface area contributed by atoms with Crippen LogP contribution in [0.25, 0.3) is 0 Å². The molecule has 1 aromatic rings. The predicted molar refractivity (Wildman–Crippen MR) is 83.0 cm³/mol. The maximum atomic E-state index is 14.7. The second kappa shape index (κ2) is 5.91. The van der Waals surface area contributed by atoms with Crippen molar-refractivity contribution in [1.82, 2.24) is 10.3 Å². The SMILES string of the molecule is O=C(NCC1(F)CCN(c2ncccc2Br)CC1)C1CC1. The maximum Gasteiger partial charge on any atom is 0.223 e. The molecule has 0 bridgehead atoms. The number of piperidine rings is 1. The monoisotopic (exact) mass is 355 g/mol. The van der Waals surface area contributed by atoms with E-state index in [0.29, 0.717) is 25.9 Å². The van der Waals surface area contributed by atoms with E-state index in [4.69, 9.17) is 0 Å². The van der Waals surface area contributed by atoms with E-state index in [-0.39, 0.29) is 18.4 Å². The van der Waals surface area contributed by atoms with Crippen molar-refractivity contribution in [1.29, 1.82) is 0 Å². The third-order valence-corrected chi connectivity index (χ3v) is 4.84. The lowest BCUT2D eigenvalue weighted by molar-refractivity contribution is -0.123. The number of anilines is 1. The number of rotatable bonds is 4. The Bertz CT molecular complexity index is 527. The van der Waals surface area contributed by atoms with E-state index in [2.05, 4.69) is 31.1 Å². The molecule has 1 amide bonds. The van der Waals surface area contributed by atoms with Crippen LogP contribution in [0.1, 0.15) is 25.7 Å². The van der Waals surface area contributed by atoms with Gasteiger partial charge in [-0.3, -0.25) is 4.79 Å². The quantitative estimate of drug-likeness (QED) is 0.902. The lowest BCUT2D eigenvalue weighted by Gasteiger charge is -2.37. The van der Waals surface area contributed by atoms with Crippen molar-refractivity contribution in [3.05, 3.63) is 22.8 Å². The Labute approximate surface area is 132 Å². The van der Waals surface area contributed by atoms with Crippen molar-refractivity contribution in [2.24, 2.45) is 5.92 Å². The molecular weight excluding hydrogens is 337 g/mol. The largest absolute Gasteiger partial charge is 0.355 e. The molecule has 0 spiro atoms. The first-order chi connectivity index (χ1) is 10.1. The Kier molecular flexibility index (Phi) is 4.15. The number of halogens is 2. The molecule has 0 radical (unpaired) electrons. The van der Waals surface area contributed by atoms with Gasteiger partial charge in [0.1, 0.15) is 11.5 Å². The molecule has 3 rings (SSSR count). The van der Waals surface area contributed by atoms with Gasteiger partial charge in [-0.25, -0.2) is 9.37 Å². The van der Waals surface area contributed by atoms with E-state index < -0.39 is 5.67 Å². The Morgan fingerprint density at radius 2 is 2.19 bits per heavy atom. The van der Waals surface area contributed by atoms with Crippen LogP contribution < -0.4 is 10.2 Å². The molecular formula is C15H19BrFN3O. The molecule has 114 valence electrons. The summed E-state index contributed by atoms with van der Waals surface area (Å²) in [7, 11) is 0. The van der Waals surface area contributed by atoms with Crippen LogP contribution in [0.15, 0.2) is 22.8 Å². The standard InChI is InChI=1S/C15H19BrFN3O/c16-12-2-1-7-18-13(12)20-8-5-15(17,6-9-20)10-19-14(21)11-3-4-11/h1-2,7,11H,3-6,8-10H2,(H,19,21). The van der Waals surface area contributed by atoms with Gasteiger partial charge in [0, 0.05) is 38.0 Å². The topological polar surface area (TPSA) is 45.2 Å². The maximum absolute atomic E-state index is 14.7. The van der Waals surface area contributed by atoms with Gasteiger partial charge in [0.2, 0.25) is 5.91 Å². The first-order valence-corrected chi connectivity index (χ1v) is 8.19. The number of nitrogens with zero attached hydrogens (tertiary/aromatic N) is 2. The first kappa shape index (κ1) is 14.8. The van der Waals surface area contributed by atoms with Crippen molar-refractivity contribution in [3.63, 3.8) is 0 Å². The van der Waals surface area contributed by atoms with Crippen molar-refractivity contribution in [3.8, 4) is 0 Å². The number of carbonyl (C=O) groups excluding carboxylic acids is 1. The molecule has 21 heavy (non-hydrogen) atoms. The van der Waals surface area contributed by atoms with Gasteiger partial charge >= 0.3 is 0 Å². The van der Waals surface area contributed by atoms with Crippen LogP contribution in [0.2, 0.25) is 0 Å². The van der Waals surface area contributed by atoms with Crippen LogP contribution in [0.3, 0.4) is 0 Å². The van der Waals surface area contributed by atoms with Gasteiger partial charge in [-0.1, -0.05) is 0 Å². The highest BCUT2D eigenvalue weighted by Gasteiger charge is 2.37. The lowest BCUT2D eigenvalue weighted by atomic mass is 9.93. The minimum absolute atomic E-state index is 0.0157. The molecule has 1 aliphatic carbocycles. The van der Waals surface area contributed by atoms with E-state index in [0.717, 1.165) is 23.1 Å². The van der Waals surface area contributed by atoms with E-state index in [1.165, 1.54) is 0 Å². The van der Waals surface area contributed by atoms with Gasteiger partial charge in [0.05, 0.1) is 11.0 Å². The summed E-state index contributed by atoms with van der Waals surface area (Å²) in [6, 6.07) is 3.81. The van der Waals surface area contributed by atoms with E-state index in [1.807, 2.05) is 12.1 Å². The highest BCUT2D eigenvalue weighted by atomic mass is 79.9. The molecule has 0 aromatic carbocycles. The van der Waals surface area contributed by atoms with Crippen LogP contribution >= 0.6 is 15.9 Å². The van der Waals surface area contributed by atoms with Gasteiger partial charge in [-0.05, 0) is 40.9 Å². The molecule has 2 fully saturated rings. The summed E-state index contributed by atoms with van der Waals surface area (Å²) >= 11 is 3.48. The molecule has 2 heterocycles. The van der Waals surface area contributed by atoms with E-state index in [1.54, 1.807) is 6.20 Å². The number of aromatic nitrogens is 1.